The van der Waals surface area contributed by atoms with E-state index in [2.05, 4.69) is 52.6 Å². The molecule has 0 bridgehead atoms. The van der Waals surface area contributed by atoms with Crippen molar-refractivity contribution in [3.05, 3.63) is 108 Å². The first-order valence-corrected chi connectivity index (χ1v) is 10.4. The molecule has 0 aliphatic carbocycles. The summed E-state index contributed by atoms with van der Waals surface area (Å²) in [6.07, 6.45) is 1.81. The van der Waals surface area contributed by atoms with Crippen LogP contribution < -0.4 is 0 Å². The minimum atomic E-state index is 0.435. The number of rotatable bonds is 3. The molecule has 150 valence electrons. The maximum absolute atomic E-state index is 11.1. The van der Waals surface area contributed by atoms with Crippen molar-refractivity contribution in [2.24, 2.45) is 5.18 Å². The van der Waals surface area contributed by atoms with E-state index in [1.165, 1.54) is 0 Å². The molecule has 0 fully saturated rings. The largest absolute Gasteiger partial charge is 0.237 e. The van der Waals surface area contributed by atoms with E-state index in [1.807, 2.05) is 48.5 Å². The average molecular weight is 411 g/mol. The predicted molar refractivity (Wildman–Crippen MR) is 131 cm³/mol. The van der Waals surface area contributed by atoms with Gasteiger partial charge in [-0.2, -0.15) is 0 Å². The maximum Gasteiger partial charge on any atom is 0.159 e. The lowest BCUT2D eigenvalue weighted by atomic mass is 9.93. The zero-order valence-corrected chi connectivity index (χ0v) is 17.1. The molecule has 0 aliphatic heterocycles. The van der Waals surface area contributed by atoms with E-state index in [0.29, 0.717) is 11.5 Å². The quantitative estimate of drug-likeness (QED) is 0.222. The zero-order valence-electron chi connectivity index (χ0n) is 17.1. The fourth-order valence-electron chi connectivity index (χ4n) is 4.41. The molecule has 0 spiro atoms. The van der Waals surface area contributed by atoms with Crippen LogP contribution in [0.2, 0.25) is 0 Å². The summed E-state index contributed by atoms with van der Waals surface area (Å²) in [6.45, 7) is 0. The third-order valence-corrected chi connectivity index (χ3v) is 5.91. The van der Waals surface area contributed by atoms with Crippen LogP contribution in [-0.2, 0) is 0 Å². The van der Waals surface area contributed by atoms with E-state index in [4.69, 9.17) is 4.98 Å². The third-order valence-electron chi connectivity index (χ3n) is 5.91. The molecule has 0 aliphatic rings. The summed E-state index contributed by atoms with van der Waals surface area (Å²) < 4.78 is 0. The monoisotopic (exact) mass is 411 g/mol. The molecule has 1 aromatic heterocycles. The molecular weight excluding hydrogens is 394 g/mol. The SMILES string of the molecule is O=Nc1ccc2c3ccc(-c4nccc(-c5ccccc5)n4)cc3c3ccccc3c2c1. The molecule has 32 heavy (non-hydrogen) atoms. The molecular formula is C28H17N3O. The van der Waals surface area contributed by atoms with Crippen LogP contribution in [0.25, 0.3) is 55.0 Å². The third kappa shape index (κ3) is 2.93. The van der Waals surface area contributed by atoms with Gasteiger partial charge in [-0.1, -0.05) is 72.8 Å². The van der Waals surface area contributed by atoms with E-state index in [1.54, 1.807) is 12.3 Å². The van der Waals surface area contributed by atoms with Gasteiger partial charge in [0, 0.05) is 17.3 Å². The van der Waals surface area contributed by atoms with Crippen LogP contribution in [0.5, 0.6) is 0 Å². The first kappa shape index (κ1) is 18.3. The van der Waals surface area contributed by atoms with Crippen molar-refractivity contribution >= 4 is 38.0 Å². The Bertz CT molecular complexity index is 1620. The summed E-state index contributed by atoms with van der Waals surface area (Å²) in [5, 5.41) is 9.72. The van der Waals surface area contributed by atoms with Gasteiger partial charge in [-0.25, -0.2) is 9.97 Å². The van der Waals surface area contributed by atoms with Gasteiger partial charge in [-0.3, -0.25) is 0 Å². The van der Waals surface area contributed by atoms with Gasteiger partial charge < -0.3 is 0 Å². The summed E-state index contributed by atoms with van der Waals surface area (Å²) in [5.41, 5.74) is 3.36. The molecule has 1 heterocycles. The lowest BCUT2D eigenvalue weighted by molar-refractivity contribution is 1.18. The molecule has 0 amide bonds. The highest BCUT2D eigenvalue weighted by molar-refractivity contribution is 6.26. The van der Waals surface area contributed by atoms with E-state index < -0.39 is 0 Å². The number of hydrogen-bond donors (Lipinski definition) is 0. The Morgan fingerprint density at radius 3 is 1.97 bits per heavy atom. The molecule has 0 atom stereocenters. The molecule has 4 heteroatoms. The zero-order chi connectivity index (χ0) is 21.5. The lowest BCUT2D eigenvalue weighted by Crippen LogP contribution is -1.92. The normalized spacial score (nSPS) is 11.2. The Morgan fingerprint density at radius 2 is 1.22 bits per heavy atom. The summed E-state index contributed by atoms with van der Waals surface area (Å²) in [4.78, 5) is 20.5. The van der Waals surface area contributed by atoms with Crippen molar-refractivity contribution in [2.75, 3.05) is 0 Å². The van der Waals surface area contributed by atoms with E-state index >= 15 is 0 Å². The molecule has 0 saturated heterocycles. The fraction of sp³-hybridized carbons (Fsp3) is 0. The molecule has 6 aromatic rings. The Kier molecular flexibility index (Phi) is 4.22. The molecule has 0 N–H and O–H groups in total. The van der Waals surface area contributed by atoms with Gasteiger partial charge in [0.1, 0.15) is 5.69 Å². The minimum Gasteiger partial charge on any atom is -0.237 e. The lowest BCUT2D eigenvalue weighted by Gasteiger charge is -2.12. The average Bonchev–Trinajstić information content (AvgIpc) is 2.89. The minimum absolute atomic E-state index is 0.435. The van der Waals surface area contributed by atoms with Crippen molar-refractivity contribution in [1.29, 1.82) is 0 Å². The number of fused-ring (bicyclic) bond motifs is 6. The number of nitroso groups, excluding NO2 is 1. The summed E-state index contributed by atoms with van der Waals surface area (Å²) in [5.74, 6) is 0.693. The predicted octanol–water partition coefficient (Wildman–Crippen LogP) is 7.67. The summed E-state index contributed by atoms with van der Waals surface area (Å²) >= 11 is 0. The highest BCUT2D eigenvalue weighted by Gasteiger charge is 2.12. The Balaban J connectivity index is 1.61. The van der Waals surface area contributed by atoms with Crippen LogP contribution in [0, 0.1) is 4.91 Å². The summed E-state index contributed by atoms with van der Waals surface area (Å²) in [6, 6.07) is 32.3. The standard InChI is InChI=1S/C28H17N3O/c32-31-20-11-13-24-23-12-10-19(16-25(23)21-8-4-5-9-22(21)26(24)17-20)28-29-15-14-27(30-28)18-6-2-1-3-7-18/h1-17H. The second-order valence-corrected chi connectivity index (χ2v) is 7.76. The van der Waals surface area contributed by atoms with Gasteiger partial charge in [-0.15, -0.1) is 4.91 Å². The van der Waals surface area contributed by atoms with Crippen molar-refractivity contribution in [3.63, 3.8) is 0 Å². The van der Waals surface area contributed by atoms with Crippen LogP contribution in [0.15, 0.2) is 108 Å². The van der Waals surface area contributed by atoms with Crippen LogP contribution >= 0.6 is 0 Å². The molecule has 0 radical (unpaired) electrons. The maximum atomic E-state index is 11.1. The number of benzene rings is 5. The van der Waals surface area contributed by atoms with Gasteiger partial charge >= 0.3 is 0 Å². The van der Waals surface area contributed by atoms with Gasteiger partial charge in [0.25, 0.3) is 0 Å². The van der Waals surface area contributed by atoms with Gasteiger partial charge in [0.05, 0.1) is 5.69 Å². The van der Waals surface area contributed by atoms with Crippen molar-refractivity contribution in [2.45, 2.75) is 0 Å². The summed E-state index contributed by atoms with van der Waals surface area (Å²) in [7, 11) is 0. The van der Waals surface area contributed by atoms with E-state index in [-0.39, 0.29) is 0 Å². The van der Waals surface area contributed by atoms with Crippen LogP contribution in [0.3, 0.4) is 0 Å². The van der Waals surface area contributed by atoms with Crippen molar-refractivity contribution < 1.29 is 0 Å². The highest BCUT2D eigenvalue weighted by atomic mass is 16.3. The molecule has 0 unspecified atom stereocenters. The Hall–Kier alpha value is -4.44. The van der Waals surface area contributed by atoms with Crippen LogP contribution in [0.4, 0.5) is 5.69 Å². The molecule has 6 rings (SSSR count). The van der Waals surface area contributed by atoms with E-state index in [0.717, 1.165) is 49.1 Å². The van der Waals surface area contributed by atoms with E-state index in [9.17, 15) is 4.91 Å². The van der Waals surface area contributed by atoms with Crippen molar-refractivity contribution in [3.8, 4) is 22.6 Å². The molecule has 0 saturated carbocycles. The molecule has 5 aromatic carbocycles. The van der Waals surface area contributed by atoms with Crippen LogP contribution in [0.1, 0.15) is 0 Å². The van der Waals surface area contributed by atoms with Gasteiger partial charge in [-0.05, 0) is 61.8 Å². The van der Waals surface area contributed by atoms with Crippen LogP contribution in [-0.4, -0.2) is 9.97 Å². The molecule has 4 nitrogen and oxygen atoms in total. The number of aromatic nitrogens is 2. The number of nitrogens with zero attached hydrogens (tertiary/aromatic N) is 3. The second kappa shape index (κ2) is 7.36. The number of hydrogen-bond acceptors (Lipinski definition) is 4. The Labute approximate surface area is 184 Å². The Morgan fingerprint density at radius 1 is 0.562 bits per heavy atom. The first-order valence-electron chi connectivity index (χ1n) is 10.4. The topological polar surface area (TPSA) is 55.2 Å². The first-order chi connectivity index (χ1) is 15.8. The van der Waals surface area contributed by atoms with Gasteiger partial charge in [0.15, 0.2) is 5.82 Å². The van der Waals surface area contributed by atoms with Gasteiger partial charge in [0.2, 0.25) is 0 Å². The smallest absolute Gasteiger partial charge is 0.159 e. The van der Waals surface area contributed by atoms with Crippen molar-refractivity contribution in [1.82, 2.24) is 9.97 Å². The second-order valence-electron chi connectivity index (χ2n) is 7.76. The highest BCUT2D eigenvalue weighted by Crippen LogP contribution is 2.38. The fourth-order valence-corrected chi connectivity index (χ4v) is 4.41.